The third-order valence-electron chi connectivity index (χ3n) is 2.94. The van der Waals surface area contributed by atoms with E-state index < -0.39 is 5.79 Å². The van der Waals surface area contributed by atoms with Crippen molar-refractivity contribution < 1.29 is 9.47 Å². The maximum atomic E-state index is 5.64. The maximum Gasteiger partial charge on any atom is 0.201 e. The molecule has 0 atom stereocenters. The zero-order chi connectivity index (χ0) is 12.6. The van der Waals surface area contributed by atoms with Crippen molar-refractivity contribution in [3.63, 3.8) is 0 Å². The van der Waals surface area contributed by atoms with Crippen LogP contribution in [0.4, 0.5) is 5.69 Å². The van der Waals surface area contributed by atoms with E-state index in [0.717, 1.165) is 4.88 Å². The molecule has 96 valence electrons. The molecule has 0 bridgehead atoms. The minimum atomic E-state index is -0.577. The van der Waals surface area contributed by atoms with E-state index in [0.29, 0.717) is 25.4 Å². The van der Waals surface area contributed by atoms with E-state index in [9.17, 15) is 0 Å². The lowest BCUT2D eigenvalue weighted by atomic mass is 10.2. The first kappa shape index (κ1) is 11.7. The smallest absolute Gasteiger partial charge is 0.201 e. The summed E-state index contributed by atoms with van der Waals surface area (Å²) in [5, 5.41) is 6.27. The van der Waals surface area contributed by atoms with E-state index in [1.54, 1.807) is 17.5 Å². The Bertz CT molecular complexity index is 543. The van der Waals surface area contributed by atoms with Crippen LogP contribution in [0.1, 0.15) is 17.4 Å². The first-order valence-corrected chi connectivity index (χ1v) is 6.67. The van der Waals surface area contributed by atoms with Crippen LogP contribution in [-0.2, 0) is 21.8 Å². The standard InChI is InChI=1S/C12H15N3O2S/c1-12(16-2-3-17-12)11-4-9(8-18-11)6-15-7-10(13)5-14-15/h4-5,7-8H,2-3,6,13H2,1H3. The second-order valence-corrected chi connectivity index (χ2v) is 5.34. The van der Waals surface area contributed by atoms with Crippen LogP contribution in [0.2, 0.25) is 0 Å². The highest BCUT2D eigenvalue weighted by Crippen LogP contribution is 2.35. The average Bonchev–Trinajstić information content (AvgIpc) is 3.02. The fourth-order valence-corrected chi connectivity index (χ4v) is 2.98. The summed E-state index contributed by atoms with van der Waals surface area (Å²) in [6.45, 7) is 3.98. The molecule has 18 heavy (non-hydrogen) atoms. The topological polar surface area (TPSA) is 62.3 Å². The Morgan fingerprint density at radius 1 is 1.50 bits per heavy atom. The van der Waals surface area contributed by atoms with Gasteiger partial charge >= 0.3 is 0 Å². The first-order valence-electron chi connectivity index (χ1n) is 5.79. The van der Waals surface area contributed by atoms with Gasteiger partial charge in [-0.15, -0.1) is 11.3 Å². The highest BCUT2D eigenvalue weighted by Gasteiger charge is 2.34. The van der Waals surface area contributed by atoms with Gasteiger partial charge in [0, 0.05) is 6.20 Å². The van der Waals surface area contributed by atoms with E-state index in [4.69, 9.17) is 15.2 Å². The number of hydrogen-bond donors (Lipinski definition) is 1. The van der Waals surface area contributed by atoms with E-state index in [1.165, 1.54) is 5.56 Å². The first-order chi connectivity index (χ1) is 8.66. The molecule has 1 saturated heterocycles. The Morgan fingerprint density at radius 3 is 2.94 bits per heavy atom. The lowest BCUT2D eigenvalue weighted by Crippen LogP contribution is -2.20. The van der Waals surface area contributed by atoms with Crippen molar-refractivity contribution in [1.82, 2.24) is 9.78 Å². The molecule has 0 aliphatic carbocycles. The molecule has 0 radical (unpaired) electrons. The molecule has 3 heterocycles. The van der Waals surface area contributed by atoms with Gasteiger partial charge in [0.05, 0.1) is 36.5 Å². The zero-order valence-electron chi connectivity index (χ0n) is 10.1. The summed E-state index contributed by atoms with van der Waals surface area (Å²) in [6, 6.07) is 2.11. The summed E-state index contributed by atoms with van der Waals surface area (Å²) >= 11 is 1.65. The Labute approximate surface area is 109 Å². The number of anilines is 1. The fourth-order valence-electron chi connectivity index (χ4n) is 2.01. The van der Waals surface area contributed by atoms with Crippen molar-refractivity contribution in [2.24, 2.45) is 0 Å². The molecule has 0 amide bonds. The van der Waals surface area contributed by atoms with Gasteiger partial charge in [-0.3, -0.25) is 4.68 Å². The summed E-state index contributed by atoms with van der Waals surface area (Å²) < 4.78 is 13.1. The summed E-state index contributed by atoms with van der Waals surface area (Å²) in [4.78, 5) is 1.09. The van der Waals surface area contributed by atoms with Crippen molar-refractivity contribution in [3.8, 4) is 0 Å². The number of nitrogens with zero attached hydrogens (tertiary/aromatic N) is 2. The molecule has 1 fully saturated rings. The third-order valence-corrected chi connectivity index (χ3v) is 4.10. The van der Waals surface area contributed by atoms with Crippen LogP contribution < -0.4 is 5.73 Å². The third kappa shape index (κ3) is 2.14. The fraction of sp³-hybridized carbons (Fsp3) is 0.417. The van der Waals surface area contributed by atoms with Gasteiger partial charge in [-0.25, -0.2) is 0 Å². The predicted molar refractivity (Wildman–Crippen MR) is 69.3 cm³/mol. The number of nitrogen functional groups attached to an aromatic ring is 1. The molecule has 2 N–H and O–H groups in total. The van der Waals surface area contributed by atoms with Gasteiger partial charge in [-0.1, -0.05) is 0 Å². The zero-order valence-corrected chi connectivity index (χ0v) is 10.9. The van der Waals surface area contributed by atoms with E-state index >= 15 is 0 Å². The number of hydrogen-bond acceptors (Lipinski definition) is 5. The van der Waals surface area contributed by atoms with Gasteiger partial charge in [0.2, 0.25) is 5.79 Å². The van der Waals surface area contributed by atoms with Gasteiger partial charge in [0.1, 0.15) is 0 Å². The monoisotopic (exact) mass is 265 g/mol. The SMILES string of the molecule is CC1(c2cc(Cn3cc(N)cn3)cs2)OCCO1. The van der Waals surface area contributed by atoms with Crippen LogP contribution in [0.25, 0.3) is 0 Å². The molecule has 6 heteroatoms. The minimum absolute atomic E-state index is 0.577. The molecule has 0 aromatic carbocycles. The number of thiophene rings is 1. The second kappa shape index (κ2) is 4.38. The van der Waals surface area contributed by atoms with Crippen LogP contribution in [0.5, 0.6) is 0 Å². The highest BCUT2D eigenvalue weighted by atomic mass is 32.1. The van der Waals surface area contributed by atoms with Crippen molar-refractivity contribution >= 4 is 17.0 Å². The molecule has 2 aromatic rings. The van der Waals surface area contributed by atoms with Crippen LogP contribution in [-0.4, -0.2) is 23.0 Å². The molecule has 1 aliphatic rings. The van der Waals surface area contributed by atoms with Crippen molar-refractivity contribution in [2.75, 3.05) is 18.9 Å². The molecule has 0 spiro atoms. The Balaban J connectivity index is 1.77. The molecule has 2 aromatic heterocycles. The van der Waals surface area contributed by atoms with Crippen LogP contribution in [0.15, 0.2) is 23.8 Å². The number of nitrogens with two attached hydrogens (primary N) is 1. The summed E-state index contributed by atoms with van der Waals surface area (Å²) in [5.74, 6) is -0.577. The molecule has 0 saturated carbocycles. The lowest BCUT2D eigenvalue weighted by molar-refractivity contribution is -0.146. The Hall–Kier alpha value is -1.37. The normalized spacial score (nSPS) is 18.3. The Kier molecular flexibility index (Phi) is 2.85. The number of aromatic nitrogens is 2. The van der Waals surface area contributed by atoms with Gasteiger partial charge in [0.25, 0.3) is 0 Å². The van der Waals surface area contributed by atoms with Gasteiger partial charge < -0.3 is 15.2 Å². The van der Waals surface area contributed by atoms with Crippen LogP contribution in [0, 0.1) is 0 Å². The summed E-state index contributed by atoms with van der Waals surface area (Å²) in [5.41, 5.74) is 7.50. The molecule has 3 rings (SSSR count). The second-order valence-electron chi connectivity index (χ2n) is 4.43. The van der Waals surface area contributed by atoms with E-state index in [-0.39, 0.29) is 0 Å². The van der Waals surface area contributed by atoms with Crippen molar-refractivity contribution in [2.45, 2.75) is 19.3 Å². The molecule has 1 aliphatic heterocycles. The van der Waals surface area contributed by atoms with Crippen molar-refractivity contribution in [1.29, 1.82) is 0 Å². The van der Waals surface area contributed by atoms with Gasteiger partial charge in [0.15, 0.2) is 0 Å². The molecular formula is C12H15N3O2S. The van der Waals surface area contributed by atoms with Crippen LogP contribution in [0.3, 0.4) is 0 Å². The number of rotatable bonds is 3. The molecular weight excluding hydrogens is 250 g/mol. The summed E-state index contributed by atoms with van der Waals surface area (Å²) in [6.07, 6.45) is 3.47. The minimum Gasteiger partial charge on any atom is -0.396 e. The highest BCUT2D eigenvalue weighted by molar-refractivity contribution is 7.10. The Morgan fingerprint density at radius 2 is 2.28 bits per heavy atom. The van der Waals surface area contributed by atoms with Crippen molar-refractivity contribution in [3.05, 3.63) is 34.3 Å². The molecule has 0 unspecified atom stereocenters. The maximum absolute atomic E-state index is 5.64. The lowest BCUT2D eigenvalue weighted by Gasteiger charge is -2.20. The quantitative estimate of drug-likeness (QED) is 0.919. The largest absolute Gasteiger partial charge is 0.396 e. The van der Waals surface area contributed by atoms with Gasteiger partial charge in [-0.2, -0.15) is 5.10 Å². The van der Waals surface area contributed by atoms with Gasteiger partial charge in [-0.05, 0) is 23.9 Å². The van der Waals surface area contributed by atoms with E-state index in [2.05, 4.69) is 16.5 Å². The van der Waals surface area contributed by atoms with E-state index in [1.807, 2.05) is 17.8 Å². The molecule has 5 nitrogen and oxygen atoms in total. The van der Waals surface area contributed by atoms with Crippen LogP contribution >= 0.6 is 11.3 Å². The predicted octanol–water partition coefficient (Wildman–Crippen LogP) is 1.79. The average molecular weight is 265 g/mol. The summed E-state index contributed by atoms with van der Waals surface area (Å²) in [7, 11) is 0. The number of ether oxygens (including phenoxy) is 2.